The standard InChI is InChI=1S/C31H30N2O2/c1-23(22-34-2)35-29-19-17-27(18-20-29)31-21-30(32-33(31)28-11-7-4-8-12-28)26-15-13-25(14-16-26)24-9-5-3-6-10-24/h3-20,23,31H,21-22H2,1-2H3. The third-order valence-corrected chi connectivity index (χ3v) is 6.26. The first-order valence-electron chi connectivity index (χ1n) is 12.0. The van der Waals surface area contributed by atoms with Crippen LogP contribution in [0.4, 0.5) is 5.69 Å². The van der Waals surface area contributed by atoms with Crippen LogP contribution in [-0.4, -0.2) is 25.5 Å². The van der Waals surface area contributed by atoms with Crippen molar-refractivity contribution in [2.45, 2.75) is 25.5 Å². The summed E-state index contributed by atoms with van der Waals surface area (Å²) in [6, 6.07) is 38.1. The van der Waals surface area contributed by atoms with Crippen LogP contribution in [0, 0.1) is 0 Å². The van der Waals surface area contributed by atoms with E-state index in [0.717, 1.165) is 29.1 Å². The molecule has 1 aliphatic rings. The van der Waals surface area contributed by atoms with Gasteiger partial charge in [-0.2, -0.15) is 5.10 Å². The van der Waals surface area contributed by atoms with Gasteiger partial charge in [0, 0.05) is 13.5 Å². The Morgan fingerprint density at radius 1 is 0.771 bits per heavy atom. The third-order valence-electron chi connectivity index (χ3n) is 6.26. The lowest BCUT2D eigenvalue weighted by Crippen LogP contribution is -2.19. The minimum atomic E-state index is 0.00643. The van der Waals surface area contributed by atoms with Crippen LogP contribution in [-0.2, 0) is 4.74 Å². The van der Waals surface area contributed by atoms with Crippen LogP contribution in [0.15, 0.2) is 114 Å². The van der Waals surface area contributed by atoms with Crippen LogP contribution in [0.2, 0.25) is 0 Å². The molecule has 2 unspecified atom stereocenters. The van der Waals surface area contributed by atoms with Crippen molar-refractivity contribution < 1.29 is 9.47 Å². The number of anilines is 1. The summed E-state index contributed by atoms with van der Waals surface area (Å²) in [6.45, 7) is 2.57. The Bertz CT molecular complexity index is 1250. The second kappa shape index (κ2) is 10.6. The van der Waals surface area contributed by atoms with Gasteiger partial charge in [0.1, 0.15) is 11.9 Å². The molecule has 0 amide bonds. The predicted molar refractivity (Wildman–Crippen MR) is 143 cm³/mol. The molecule has 4 nitrogen and oxygen atoms in total. The van der Waals surface area contributed by atoms with Gasteiger partial charge < -0.3 is 9.47 Å². The fourth-order valence-corrected chi connectivity index (χ4v) is 4.52. The zero-order chi connectivity index (χ0) is 24.0. The number of hydrogen-bond acceptors (Lipinski definition) is 4. The van der Waals surface area contributed by atoms with E-state index in [0.29, 0.717) is 6.61 Å². The molecular weight excluding hydrogens is 432 g/mol. The normalized spacial score (nSPS) is 16.1. The predicted octanol–water partition coefficient (Wildman–Crippen LogP) is 7.12. The second-order valence-corrected chi connectivity index (χ2v) is 8.84. The fourth-order valence-electron chi connectivity index (χ4n) is 4.52. The average molecular weight is 463 g/mol. The van der Waals surface area contributed by atoms with Crippen molar-refractivity contribution in [2.75, 3.05) is 18.7 Å². The fraction of sp³-hybridized carbons (Fsp3) is 0.194. The zero-order valence-electron chi connectivity index (χ0n) is 20.2. The van der Waals surface area contributed by atoms with Gasteiger partial charge in [0.05, 0.1) is 24.0 Å². The Morgan fingerprint density at radius 3 is 2.03 bits per heavy atom. The Labute approximate surface area is 207 Å². The van der Waals surface area contributed by atoms with E-state index in [1.165, 1.54) is 16.7 Å². The van der Waals surface area contributed by atoms with E-state index in [1.807, 2.05) is 31.2 Å². The topological polar surface area (TPSA) is 34.1 Å². The minimum Gasteiger partial charge on any atom is -0.488 e. The Hall–Kier alpha value is -3.89. The van der Waals surface area contributed by atoms with Crippen LogP contribution in [0.25, 0.3) is 11.1 Å². The molecule has 1 heterocycles. The number of methoxy groups -OCH3 is 1. The molecule has 0 bridgehead atoms. The maximum atomic E-state index is 5.95. The maximum Gasteiger partial charge on any atom is 0.119 e. The first kappa shape index (κ1) is 22.9. The van der Waals surface area contributed by atoms with Crippen molar-refractivity contribution in [3.05, 3.63) is 120 Å². The second-order valence-electron chi connectivity index (χ2n) is 8.84. The number of benzene rings is 4. The quantitative estimate of drug-likeness (QED) is 0.279. The highest BCUT2D eigenvalue weighted by Crippen LogP contribution is 2.37. The van der Waals surface area contributed by atoms with Crippen molar-refractivity contribution >= 4 is 11.4 Å². The molecule has 0 spiro atoms. The third kappa shape index (κ3) is 5.28. The molecule has 0 saturated heterocycles. The van der Waals surface area contributed by atoms with Gasteiger partial charge in [-0.1, -0.05) is 84.9 Å². The van der Waals surface area contributed by atoms with Crippen LogP contribution < -0.4 is 9.75 Å². The molecule has 4 heteroatoms. The van der Waals surface area contributed by atoms with Crippen molar-refractivity contribution in [3.8, 4) is 16.9 Å². The number of hydrogen-bond donors (Lipinski definition) is 0. The molecule has 5 rings (SSSR count). The number of ether oxygens (including phenoxy) is 2. The Balaban J connectivity index is 1.40. The molecule has 0 saturated carbocycles. The van der Waals surface area contributed by atoms with Crippen LogP contribution in [0.1, 0.15) is 30.5 Å². The first-order chi connectivity index (χ1) is 17.2. The van der Waals surface area contributed by atoms with Gasteiger partial charge in [-0.3, -0.25) is 5.01 Å². The molecule has 4 aromatic carbocycles. The Kier molecular flexibility index (Phi) is 6.92. The summed E-state index contributed by atoms with van der Waals surface area (Å²) >= 11 is 0. The highest BCUT2D eigenvalue weighted by molar-refractivity contribution is 6.03. The van der Waals surface area contributed by atoms with Crippen LogP contribution in [0.5, 0.6) is 5.75 Å². The molecule has 35 heavy (non-hydrogen) atoms. The summed E-state index contributed by atoms with van der Waals surface area (Å²) in [5, 5.41) is 7.23. The summed E-state index contributed by atoms with van der Waals surface area (Å²) in [4.78, 5) is 0. The summed E-state index contributed by atoms with van der Waals surface area (Å²) in [5.41, 5.74) is 6.97. The molecule has 0 aromatic heterocycles. The van der Waals surface area contributed by atoms with Gasteiger partial charge in [-0.15, -0.1) is 0 Å². The van der Waals surface area contributed by atoms with Gasteiger partial charge >= 0.3 is 0 Å². The van der Waals surface area contributed by atoms with E-state index in [1.54, 1.807) is 7.11 Å². The molecular formula is C31H30N2O2. The smallest absolute Gasteiger partial charge is 0.119 e. The number of rotatable bonds is 8. The molecule has 0 N–H and O–H groups in total. The lowest BCUT2D eigenvalue weighted by Gasteiger charge is -2.24. The van der Waals surface area contributed by atoms with Gasteiger partial charge in [0.15, 0.2) is 0 Å². The van der Waals surface area contributed by atoms with Gasteiger partial charge in [0.25, 0.3) is 0 Å². The highest BCUT2D eigenvalue weighted by atomic mass is 16.5. The molecule has 0 radical (unpaired) electrons. The van der Waals surface area contributed by atoms with E-state index in [2.05, 4.69) is 89.9 Å². The summed E-state index contributed by atoms with van der Waals surface area (Å²) in [7, 11) is 1.69. The first-order valence-corrected chi connectivity index (χ1v) is 12.0. The lowest BCUT2D eigenvalue weighted by atomic mass is 9.96. The Morgan fingerprint density at radius 2 is 1.37 bits per heavy atom. The molecule has 1 aliphatic heterocycles. The van der Waals surface area contributed by atoms with Crippen molar-refractivity contribution in [3.63, 3.8) is 0 Å². The van der Waals surface area contributed by atoms with Crippen molar-refractivity contribution in [1.29, 1.82) is 0 Å². The molecule has 0 aliphatic carbocycles. The molecule has 2 atom stereocenters. The van der Waals surface area contributed by atoms with Crippen LogP contribution >= 0.6 is 0 Å². The maximum absolute atomic E-state index is 5.95. The highest BCUT2D eigenvalue weighted by Gasteiger charge is 2.30. The van der Waals surface area contributed by atoms with E-state index >= 15 is 0 Å². The van der Waals surface area contributed by atoms with E-state index in [4.69, 9.17) is 14.6 Å². The molecule has 176 valence electrons. The van der Waals surface area contributed by atoms with Gasteiger partial charge in [-0.25, -0.2) is 0 Å². The van der Waals surface area contributed by atoms with Crippen molar-refractivity contribution in [2.24, 2.45) is 5.10 Å². The van der Waals surface area contributed by atoms with E-state index in [-0.39, 0.29) is 12.1 Å². The summed E-state index contributed by atoms with van der Waals surface area (Å²) < 4.78 is 11.1. The number of nitrogens with zero attached hydrogens (tertiary/aromatic N) is 2. The monoisotopic (exact) mass is 462 g/mol. The number of hydrazone groups is 1. The molecule has 0 fully saturated rings. The summed E-state index contributed by atoms with van der Waals surface area (Å²) in [6.07, 6.45) is 0.840. The van der Waals surface area contributed by atoms with Gasteiger partial charge in [-0.05, 0) is 53.4 Å². The lowest BCUT2D eigenvalue weighted by molar-refractivity contribution is 0.0921. The molecule has 4 aromatic rings. The average Bonchev–Trinajstić information content (AvgIpc) is 3.36. The SMILES string of the molecule is COCC(C)Oc1ccc(C2CC(c3ccc(-c4ccccc4)cc3)=NN2c2ccccc2)cc1. The van der Waals surface area contributed by atoms with Crippen molar-refractivity contribution in [1.82, 2.24) is 0 Å². The largest absolute Gasteiger partial charge is 0.488 e. The van der Waals surface area contributed by atoms with Gasteiger partial charge in [0.2, 0.25) is 0 Å². The minimum absolute atomic E-state index is 0.00643. The number of para-hydroxylation sites is 1. The summed E-state index contributed by atoms with van der Waals surface area (Å²) in [5.74, 6) is 0.847. The van der Waals surface area contributed by atoms with E-state index in [9.17, 15) is 0 Å². The van der Waals surface area contributed by atoms with Crippen LogP contribution in [0.3, 0.4) is 0 Å². The van der Waals surface area contributed by atoms with E-state index < -0.39 is 0 Å². The zero-order valence-corrected chi connectivity index (χ0v) is 20.2.